The lowest BCUT2D eigenvalue weighted by Gasteiger charge is -2.17. The molecule has 1 unspecified atom stereocenters. The van der Waals surface area contributed by atoms with Crippen molar-refractivity contribution in [3.05, 3.63) is 35.9 Å². The van der Waals surface area contributed by atoms with E-state index in [1.165, 1.54) is 29.9 Å². The molecular formula is C14H23NS. The van der Waals surface area contributed by atoms with Crippen molar-refractivity contribution in [1.29, 1.82) is 0 Å². The number of unbranched alkanes of at least 4 members (excludes halogenated alkanes) is 1. The summed E-state index contributed by atoms with van der Waals surface area (Å²) < 4.78 is 0. The molecule has 1 nitrogen and oxygen atoms in total. The Hall–Kier alpha value is -0.470. The molecule has 90 valence electrons. The van der Waals surface area contributed by atoms with Gasteiger partial charge in [-0.25, -0.2) is 0 Å². The lowest BCUT2D eigenvalue weighted by molar-refractivity contribution is 0.606. The van der Waals surface area contributed by atoms with E-state index in [1.54, 1.807) is 0 Å². The highest BCUT2D eigenvalue weighted by molar-refractivity contribution is 7.99. The van der Waals surface area contributed by atoms with Crippen molar-refractivity contribution >= 4 is 11.8 Å². The van der Waals surface area contributed by atoms with Crippen LogP contribution in [0.25, 0.3) is 0 Å². The quantitative estimate of drug-likeness (QED) is 0.689. The van der Waals surface area contributed by atoms with Crippen LogP contribution in [0.5, 0.6) is 0 Å². The molecule has 16 heavy (non-hydrogen) atoms. The van der Waals surface area contributed by atoms with E-state index in [4.69, 9.17) is 0 Å². The summed E-state index contributed by atoms with van der Waals surface area (Å²) in [6.45, 7) is 5.46. The second kappa shape index (κ2) is 8.66. The van der Waals surface area contributed by atoms with Gasteiger partial charge in [-0.2, -0.15) is 11.8 Å². The maximum atomic E-state index is 3.55. The number of hydrogen-bond acceptors (Lipinski definition) is 2. The normalized spacial score (nSPS) is 12.6. The number of rotatable bonds is 8. The molecule has 0 heterocycles. The lowest BCUT2D eigenvalue weighted by Crippen LogP contribution is -2.23. The SMILES string of the molecule is CCCCSCC(NCC)c1ccccc1. The van der Waals surface area contributed by atoms with E-state index in [1.807, 2.05) is 0 Å². The number of hydrogen-bond donors (Lipinski definition) is 1. The maximum absolute atomic E-state index is 3.55. The molecule has 0 aliphatic carbocycles. The van der Waals surface area contributed by atoms with Gasteiger partial charge < -0.3 is 5.32 Å². The van der Waals surface area contributed by atoms with Crippen molar-refractivity contribution in [2.24, 2.45) is 0 Å². The molecule has 2 heteroatoms. The first-order chi connectivity index (χ1) is 7.88. The van der Waals surface area contributed by atoms with Gasteiger partial charge in [-0.05, 0) is 24.3 Å². The molecule has 1 atom stereocenters. The van der Waals surface area contributed by atoms with Crippen molar-refractivity contribution in [2.45, 2.75) is 32.7 Å². The summed E-state index contributed by atoms with van der Waals surface area (Å²) >= 11 is 2.06. The molecule has 0 saturated heterocycles. The molecule has 1 rings (SSSR count). The molecule has 0 radical (unpaired) electrons. The fourth-order valence-corrected chi connectivity index (χ4v) is 2.86. The Morgan fingerprint density at radius 2 is 1.94 bits per heavy atom. The van der Waals surface area contributed by atoms with Crippen molar-refractivity contribution in [3.8, 4) is 0 Å². The molecule has 0 aromatic heterocycles. The van der Waals surface area contributed by atoms with Crippen LogP contribution in [0, 0.1) is 0 Å². The van der Waals surface area contributed by atoms with Gasteiger partial charge in [-0.15, -0.1) is 0 Å². The third-order valence-corrected chi connectivity index (χ3v) is 3.73. The summed E-state index contributed by atoms with van der Waals surface area (Å²) in [7, 11) is 0. The van der Waals surface area contributed by atoms with E-state index >= 15 is 0 Å². The van der Waals surface area contributed by atoms with Gasteiger partial charge in [-0.3, -0.25) is 0 Å². The molecule has 1 N–H and O–H groups in total. The van der Waals surface area contributed by atoms with Gasteiger partial charge in [0, 0.05) is 11.8 Å². The van der Waals surface area contributed by atoms with Crippen LogP contribution in [-0.4, -0.2) is 18.1 Å². The summed E-state index contributed by atoms with van der Waals surface area (Å²) in [6, 6.07) is 11.3. The van der Waals surface area contributed by atoms with E-state index in [2.05, 4.69) is 61.3 Å². The molecule has 0 saturated carbocycles. The molecule has 0 aliphatic heterocycles. The minimum absolute atomic E-state index is 0.507. The van der Waals surface area contributed by atoms with E-state index in [0.717, 1.165) is 6.54 Å². The average molecular weight is 237 g/mol. The second-order valence-corrected chi connectivity index (χ2v) is 5.10. The van der Waals surface area contributed by atoms with Crippen LogP contribution in [0.3, 0.4) is 0 Å². The first kappa shape index (κ1) is 13.6. The summed E-state index contributed by atoms with van der Waals surface area (Å²) in [4.78, 5) is 0. The molecular weight excluding hydrogens is 214 g/mol. The minimum atomic E-state index is 0.507. The first-order valence-electron chi connectivity index (χ1n) is 6.24. The highest BCUT2D eigenvalue weighted by Gasteiger charge is 2.08. The molecule has 1 aromatic rings. The van der Waals surface area contributed by atoms with Gasteiger partial charge in [0.25, 0.3) is 0 Å². The van der Waals surface area contributed by atoms with Crippen LogP contribution in [0.1, 0.15) is 38.3 Å². The zero-order valence-corrected chi connectivity index (χ0v) is 11.2. The zero-order chi connectivity index (χ0) is 11.6. The van der Waals surface area contributed by atoms with E-state index in [0.29, 0.717) is 6.04 Å². The zero-order valence-electron chi connectivity index (χ0n) is 10.4. The maximum Gasteiger partial charge on any atom is 0.0411 e. The second-order valence-electron chi connectivity index (χ2n) is 3.95. The number of nitrogens with one attached hydrogen (secondary N) is 1. The van der Waals surface area contributed by atoms with Gasteiger partial charge in [0.1, 0.15) is 0 Å². The third kappa shape index (κ3) is 5.04. The van der Waals surface area contributed by atoms with Gasteiger partial charge in [-0.1, -0.05) is 50.6 Å². The van der Waals surface area contributed by atoms with Crippen LogP contribution in [-0.2, 0) is 0 Å². The minimum Gasteiger partial charge on any atom is -0.310 e. The van der Waals surface area contributed by atoms with Gasteiger partial charge in [0.2, 0.25) is 0 Å². The van der Waals surface area contributed by atoms with Crippen molar-refractivity contribution in [2.75, 3.05) is 18.1 Å². The summed E-state index contributed by atoms with van der Waals surface area (Å²) in [5.74, 6) is 2.46. The summed E-state index contributed by atoms with van der Waals surface area (Å²) in [6.07, 6.45) is 2.63. The highest BCUT2D eigenvalue weighted by Crippen LogP contribution is 2.18. The molecule has 0 amide bonds. The molecule has 0 bridgehead atoms. The highest BCUT2D eigenvalue weighted by atomic mass is 32.2. The fraction of sp³-hybridized carbons (Fsp3) is 0.571. The Morgan fingerprint density at radius 1 is 1.19 bits per heavy atom. The Balaban J connectivity index is 2.41. The Labute approximate surface area is 104 Å². The van der Waals surface area contributed by atoms with Gasteiger partial charge >= 0.3 is 0 Å². The van der Waals surface area contributed by atoms with Crippen molar-refractivity contribution in [1.82, 2.24) is 5.32 Å². The van der Waals surface area contributed by atoms with Crippen LogP contribution < -0.4 is 5.32 Å². The molecule has 1 aromatic carbocycles. The Morgan fingerprint density at radius 3 is 2.56 bits per heavy atom. The molecule has 0 aliphatic rings. The van der Waals surface area contributed by atoms with Crippen LogP contribution in [0.4, 0.5) is 0 Å². The third-order valence-electron chi connectivity index (χ3n) is 2.58. The summed E-state index contributed by atoms with van der Waals surface area (Å²) in [5, 5.41) is 3.55. The fourth-order valence-electron chi connectivity index (χ4n) is 1.65. The van der Waals surface area contributed by atoms with Crippen LogP contribution in [0.2, 0.25) is 0 Å². The van der Waals surface area contributed by atoms with Crippen LogP contribution >= 0.6 is 11.8 Å². The predicted octanol–water partition coefficient (Wildman–Crippen LogP) is 3.87. The topological polar surface area (TPSA) is 12.0 Å². The van der Waals surface area contributed by atoms with Crippen molar-refractivity contribution in [3.63, 3.8) is 0 Å². The number of benzene rings is 1. The average Bonchev–Trinajstić information content (AvgIpc) is 2.34. The van der Waals surface area contributed by atoms with Crippen LogP contribution in [0.15, 0.2) is 30.3 Å². The Bertz CT molecular complexity index is 261. The van der Waals surface area contributed by atoms with E-state index in [-0.39, 0.29) is 0 Å². The Kier molecular flexibility index (Phi) is 7.35. The monoisotopic (exact) mass is 237 g/mol. The van der Waals surface area contributed by atoms with Gasteiger partial charge in [0.15, 0.2) is 0 Å². The van der Waals surface area contributed by atoms with E-state index in [9.17, 15) is 0 Å². The largest absolute Gasteiger partial charge is 0.310 e. The first-order valence-corrected chi connectivity index (χ1v) is 7.40. The number of thioether (sulfide) groups is 1. The van der Waals surface area contributed by atoms with Crippen molar-refractivity contribution < 1.29 is 0 Å². The predicted molar refractivity (Wildman–Crippen MR) is 75.1 cm³/mol. The molecule has 0 fully saturated rings. The standard InChI is InChI=1S/C14H23NS/c1-3-5-11-16-12-14(15-4-2)13-9-7-6-8-10-13/h6-10,14-15H,3-5,11-12H2,1-2H3. The van der Waals surface area contributed by atoms with Gasteiger partial charge in [0.05, 0.1) is 0 Å². The molecule has 0 spiro atoms. The lowest BCUT2D eigenvalue weighted by atomic mass is 10.1. The smallest absolute Gasteiger partial charge is 0.0411 e. The van der Waals surface area contributed by atoms with E-state index < -0.39 is 0 Å². The summed E-state index contributed by atoms with van der Waals surface area (Å²) in [5.41, 5.74) is 1.41.